The lowest BCUT2D eigenvalue weighted by Crippen LogP contribution is -2.69. The number of ether oxygens (including phenoxy) is 2. The van der Waals surface area contributed by atoms with E-state index >= 15 is 0 Å². The van der Waals surface area contributed by atoms with Crippen LogP contribution in [0.4, 0.5) is 23.1 Å². The van der Waals surface area contributed by atoms with Crippen LogP contribution in [0.15, 0.2) is 11.6 Å². The van der Waals surface area contributed by atoms with E-state index in [4.69, 9.17) is 0 Å². The molecule has 21 heavy (non-hydrogen) atoms. The lowest BCUT2D eigenvalue weighted by Gasteiger charge is -2.33. The van der Waals surface area contributed by atoms with E-state index in [1.807, 2.05) is 5.32 Å². The predicted octanol–water partition coefficient (Wildman–Crippen LogP) is 1.73. The van der Waals surface area contributed by atoms with Crippen molar-refractivity contribution in [1.29, 1.82) is 0 Å². The summed E-state index contributed by atoms with van der Waals surface area (Å²) in [7, 11) is 0.763. The number of alkyl carbamates (subject to hydrolysis) is 1. The number of nitrogens with zero attached hydrogens (tertiary/aromatic N) is 1. The SMILES string of the molecule is CCOC(=O)N[C@@](Nc1nccs1)(C(=O)OC)C(F)(F)F. The molecule has 1 aromatic rings. The van der Waals surface area contributed by atoms with Gasteiger partial charge in [-0.05, 0) is 6.92 Å². The number of rotatable bonds is 5. The lowest BCUT2D eigenvalue weighted by atomic mass is 10.1. The third-order valence-electron chi connectivity index (χ3n) is 2.21. The van der Waals surface area contributed by atoms with Crippen LogP contribution in [0.3, 0.4) is 0 Å². The Balaban J connectivity index is 3.21. The number of alkyl halides is 3. The number of halogens is 3. The van der Waals surface area contributed by atoms with E-state index in [2.05, 4.69) is 14.5 Å². The summed E-state index contributed by atoms with van der Waals surface area (Å²) in [5, 5.41) is 4.47. The molecular weight excluding hydrogens is 315 g/mol. The molecule has 0 saturated carbocycles. The molecule has 0 saturated heterocycles. The van der Waals surface area contributed by atoms with Crippen molar-refractivity contribution in [3.05, 3.63) is 11.6 Å². The van der Waals surface area contributed by atoms with Crippen molar-refractivity contribution >= 4 is 28.5 Å². The first kappa shape index (κ1) is 17.0. The molecule has 2 N–H and O–H groups in total. The van der Waals surface area contributed by atoms with Crippen molar-refractivity contribution in [3.63, 3.8) is 0 Å². The number of hydrogen-bond acceptors (Lipinski definition) is 7. The standard InChI is InChI=1S/C10H12F3N3O4S/c1-3-20-8(18)16-9(6(17)19-2,10(11,12)13)15-7-14-4-5-21-7/h4-5H,3H2,1-2H3,(H,14,15)(H,16,18)/t9-/m0/s1. The molecule has 0 spiro atoms. The molecule has 1 atom stereocenters. The van der Waals surface area contributed by atoms with Gasteiger partial charge in [-0.25, -0.2) is 14.6 Å². The third-order valence-corrected chi connectivity index (χ3v) is 2.90. The maximum atomic E-state index is 13.3. The normalized spacial score (nSPS) is 14.0. The summed E-state index contributed by atoms with van der Waals surface area (Å²) in [6.45, 7) is 1.24. The molecule has 0 fully saturated rings. The van der Waals surface area contributed by atoms with Crippen LogP contribution in [0.2, 0.25) is 0 Å². The second kappa shape index (κ2) is 6.61. The van der Waals surface area contributed by atoms with Crippen LogP contribution in [0, 0.1) is 0 Å². The Hall–Kier alpha value is -2.04. The second-order valence-corrected chi connectivity index (χ2v) is 4.44. The first-order valence-electron chi connectivity index (χ1n) is 5.54. The van der Waals surface area contributed by atoms with Crippen molar-refractivity contribution in [2.45, 2.75) is 18.8 Å². The van der Waals surface area contributed by atoms with E-state index in [0.717, 1.165) is 18.4 Å². The number of hydrogen-bond donors (Lipinski definition) is 2. The fraction of sp³-hybridized carbons (Fsp3) is 0.500. The zero-order valence-corrected chi connectivity index (χ0v) is 11.8. The summed E-state index contributed by atoms with van der Waals surface area (Å²) in [4.78, 5) is 26.6. The molecule has 0 bridgehead atoms. The fourth-order valence-electron chi connectivity index (χ4n) is 1.31. The van der Waals surface area contributed by atoms with Crippen molar-refractivity contribution < 1.29 is 32.2 Å². The van der Waals surface area contributed by atoms with Gasteiger partial charge < -0.3 is 14.8 Å². The number of carbonyl (C=O) groups excluding carboxylic acids is 2. The minimum Gasteiger partial charge on any atom is -0.466 e. The Morgan fingerprint density at radius 1 is 1.43 bits per heavy atom. The summed E-state index contributed by atoms with van der Waals surface area (Å²) in [6.07, 6.45) is -5.39. The van der Waals surface area contributed by atoms with Crippen LogP contribution >= 0.6 is 11.3 Å². The van der Waals surface area contributed by atoms with Crippen LogP contribution in [-0.2, 0) is 14.3 Å². The van der Waals surface area contributed by atoms with E-state index in [1.54, 1.807) is 0 Å². The number of anilines is 1. The van der Waals surface area contributed by atoms with Crippen LogP contribution in [0.1, 0.15) is 6.92 Å². The molecule has 0 aliphatic heterocycles. The maximum Gasteiger partial charge on any atom is 0.442 e. The smallest absolute Gasteiger partial charge is 0.442 e. The number of nitrogens with one attached hydrogen (secondary N) is 2. The molecule has 1 amide bonds. The highest BCUT2D eigenvalue weighted by Crippen LogP contribution is 2.33. The Labute approximate surface area is 121 Å². The molecule has 0 aromatic carbocycles. The molecule has 0 unspecified atom stereocenters. The number of thiazole rings is 1. The van der Waals surface area contributed by atoms with Gasteiger partial charge in [0.2, 0.25) is 0 Å². The molecule has 0 aliphatic carbocycles. The van der Waals surface area contributed by atoms with Crippen LogP contribution < -0.4 is 10.6 Å². The zero-order valence-electron chi connectivity index (χ0n) is 11.0. The molecule has 118 valence electrons. The zero-order chi connectivity index (χ0) is 16.1. The van der Waals surface area contributed by atoms with E-state index in [9.17, 15) is 22.8 Å². The molecule has 1 rings (SSSR count). The molecule has 1 heterocycles. The van der Waals surface area contributed by atoms with Crippen molar-refractivity contribution in [1.82, 2.24) is 10.3 Å². The van der Waals surface area contributed by atoms with Gasteiger partial charge in [0, 0.05) is 11.6 Å². The van der Waals surface area contributed by atoms with E-state index in [0.29, 0.717) is 0 Å². The number of aromatic nitrogens is 1. The summed E-state index contributed by atoms with van der Waals surface area (Å²) >= 11 is 0.812. The first-order chi connectivity index (χ1) is 9.76. The quantitative estimate of drug-likeness (QED) is 0.632. The van der Waals surface area contributed by atoms with Crippen molar-refractivity contribution in [2.75, 3.05) is 19.0 Å². The number of amides is 1. The molecule has 0 aliphatic rings. The van der Waals surface area contributed by atoms with Gasteiger partial charge in [-0.2, -0.15) is 13.2 Å². The fourth-order valence-corrected chi connectivity index (χ4v) is 1.89. The Morgan fingerprint density at radius 2 is 2.10 bits per heavy atom. The molecule has 11 heteroatoms. The van der Waals surface area contributed by atoms with Gasteiger partial charge in [0.1, 0.15) is 0 Å². The molecule has 7 nitrogen and oxygen atoms in total. The highest BCUT2D eigenvalue weighted by molar-refractivity contribution is 7.13. The average Bonchev–Trinajstić information content (AvgIpc) is 2.88. The highest BCUT2D eigenvalue weighted by Gasteiger charge is 2.64. The van der Waals surface area contributed by atoms with Gasteiger partial charge >= 0.3 is 23.9 Å². The van der Waals surface area contributed by atoms with Crippen LogP contribution in [0.5, 0.6) is 0 Å². The van der Waals surface area contributed by atoms with Gasteiger partial charge in [0.05, 0.1) is 13.7 Å². The molecule has 1 aromatic heterocycles. The number of carbonyl (C=O) groups is 2. The van der Waals surface area contributed by atoms with Gasteiger partial charge in [-0.3, -0.25) is 5.32 Å². The Bertz CT molecular complexity index is 494. The van der Waals surface area contributed by atoms with E-state index in [-0.39, 0.29) is 11.7 Å². The average molecular weight is 327 g/mol. The molecule has 0 radical (unpaired) electrons. The molecular formula is C10H12F3N3O4S. The van der Waals surface area contributed by atoms with Crippen molar-refractivity contribution in [3.8, 4) is 0 Å². The maximum absolute atomic E-state index is 13.3. The van der Waals surface area contributed by atoms with Crippen LogP contribution in [-0.4, -0.2) is 42.6 Å². The van der Waals surface area contributed by atoms with Gasteiger partial charge in [0.25, 0.3) is 0 Å². The third kappa shape index (κ3) is 3.74. The Kier molecular flexibility index (Phi) is 5.35. The van der Waals surface area contributed by atoms with E-state index < -0.39 is 23.9 Å². The largest absolute Gasteiger partial charge is 0.466 e. The van der Waals surface area contributed by atoms with Crippen LogP contribution in [0.25, 0.3) is 0 Å². The monoisotopic (exact) mass is 327 g/mol. The number of esters is 1. The highest BCUT2D eigenvalue weighted by atomic mass is 32.1. The second-order valence-electron chi connectivity index (χ2n) is 3.55. The summed E-state index contributed by atoms with van der Waals surface area (Å²) in [5.74, 6) is -1.75. The van der Waals surface area contributed by atoms with E-state index in [1.165, 1.54) is 23.8 Å². The Morgan fingerprint density at radius 3 is 2.52 bits per heavy atom. The lowest BCUT2D eigenvalue weighted by molar-refractivity contribution is -0.203. The minimum absolute atomic E-state index is 0.168. The summed E-state index contributed by atoms with van der Waals surface area (Å²) < 4.78 is 48.6. The topological polar surface area (TPSA) is 89.5 Å². The van der Waals surface area contributed by atoms with Gasteiger partial charge in [0.15, 0.2) is 5.13 Å². The first-order valence-corrected chi connectivity index (χ1v) is 6.42. The summed E-state index contributed by atoms with van der Waals surface area (Å²) in [5.41, 5.74) is -3.49. The van der Waals surface area contributed by atoms with Crippen molar-refractivity contribution in [2.24, 2.45) is 0 Å². The van der Waals surface area contributed by atoms with Gasteiger partial charge in [-0.15, -0.1) is 11.3 Å². The summed E-state index contributed by atoms with van der Waals surface area (Å²) in [6, 6.07) is 0. The predicted molar refractivity (Wildman–Crippen MR) is 66.7 cm³/mol. The number of methoxy groups -OCH3 is 1. The minimum atomic E-state index is -5.20. The van der Waals surface area contributed by atoms with Gasteiger partial charge in [-0.1, -0.05) is 0 Å².